The first-order valence-corrected chi connectivity index (χ1v) is 8.60. The molecular weight excluding hydrogens is 357 g/mol. The van der Waals surface area contributed by atoms with Gasteiger partial charge in [0.15, 0.2) is 5.54 Å². The standard InChI is InChI=1S/C20H17F3N2O2/c1-11-13(8-5-9-15(11)21)20(18(22)23)14-10-16(14)27-19(25-20)24-17(26)12-6-3-2-4-7-12/h2-9,14,16,18H,10H2,1H3,(H,24,25,26). The number of rotatable bonds is 3. The number of hydrogen-bond acceptors (Lipinski definition) is 3. The Labute approximate surface area is 154 Å². The Morgan fingerprint density at radius 3 is 2.67 bits per heavy atom. The molecule has 3 unspecified atom stereocenters. The molecule has 0 spiro atoms. The van der Waals surface area contributed by atoms with Crippen molar-refractivity contribution in [1.29, 1.82) is 0 Å². The predicted octanol–water partition coefficient (Wildman–Crippen LogP) is 3.80. The van der Waals surface area contributed by atoms with Crippen LogP contribution in [0, 0.1) is 18.7 Å². The second kappa shape index (κ2) is 6.40. The topological polar surface area (TPSA) is 50.7 Å². The molecule has 27 heavy (non-hydrogen) atoms. The van der Waals surface area contributed by atoms with Gasteiger partial charge in [0, 0.05) is 11.5 Å². The number of nitrogens with one attached hydrogen (secondary N) is 1. The molecule has 1 amide bonds. The zero-order valence-corrected chi connectivity index (χ0v) is 14.5. The Hall–Kier alpha value is -2.83. The molecule has 4 rings (SSSR count). The minimum atomic E-state index is -2.87. The van der Waals surface area contributed by atoms with Crippen LogP contribution in [-0.4, -0.2) is 24.5 Å². The van der Waals surface area contributed by atoms with Gasteiger partial charge >= 0.3 is 0 Å². The summed E-state index contributed by atoms with van der Waals surface area (Å²) in [5.41, 5.74) is -1.33. The Morgan fingerprint density at radius 1 is 1.22 bits per heavy atom. The summed E-state index contributed by atoms with van der Waals surface area (Å²) in [6.07, 6.45) is -2.99. The average Bonchev–Trinajstić information content (AvgIpc) is 3.44. The fourth-order valence-corrected chi connectivity index (χ4v) is 3.63. The Bertz CT molecular complexity index is 917. The van der Waals surface area contributed by atoms with Gasteiger partial charge in [-0.3, -0.25) is 10.1 Å². The van der Waals surface area contributed by atoms with Crippen LogP contribution in [0.2, 0.25) is 0 Å². The number of benzene rings is 2. The zero-order chi connectivity index (χ0) is 19.2. The van der Waals surface area contributed by atoms with Crippen LogP contribution in [0.4, 0.5) is 13.2 Å². The Balaban J connectivity index is 1.74. The lowest BCUT2D eigenvalue weighted by Gasteiger charge is -2.34. The van der Waals surface area contributed by atoms with E-state index >= 15 is 0 Å². The molecule has 1 heterocycles. The van der Waals surface area contributed by atoms with Crippen molar-refractivity contribution in [2.75, 3.05) is 0 Å². The summed E-state index contributed by atoms with van der Waals surface area (Å²) in [4.78, 5) is 16.5. The van der Waals surface area contributed by atoms with Crippen LogP contribution in [0.25, 0.3) is 0 Å². The second-order valence-corrected chi connectivity index (χ2v) is 6.77. The molecule has 2 aromatic rings. The number of carbonyl (C=O) groups is 1. The van der Waals surface area contributed by atoms with Crippen molar-refractivity contribution < 1.29 is 22.7 Å². The molecule has 1 fully saturated rings. The fourth-order valence-electron chi connectivity index (χ4n) is 3.63. The van der Waals surface area contributed by atoms with Crippen LogP contribution in [-0.2, 0) is 10.3 Å². The van der Waals surface area contributed by atoms with Gasteiger partial charge < -0.3 is 4.74 Å². The molecule has 2 aliphatic rings. The van der Waals surface area contributed by atoms with Gasteiger partial charge in [-0.05, 0) is 42.7 Å². The molecule has 2 aromatic carbocycles. The largest absolute Gasteiger partial charge is 0.461 e. The summed E-state index contributed by atoms with van der Waals surface area (Å²) in [5, 5.41) is 2.47. The summed E-state index contributed by atoms with van der Waals surface area (Å²) in [5.74, 6) is -1.63. The van der Waals surface area contributed by atoms with Crippen molar-refractivity contribution >= 4 is 11.9 Å². The smallest absolute Gasteiger partial charge is 0.293 e. The summed E-state index contributed by atoms with van der Waals surface area (Å²) in [6, 6.07) is 12.2. The van der Waals surface area contributed by atoms with E-state index in [0.29, 0.717) is 12.0 Å². The van der Waals surface area contributed by atoms with Crippen molar-refractivity contribution in [2.45, 2.75) is 31.4 Å². The van der Waals surface area contributed by atoms with Gasteiger partial charge in [-0.25, -0.2) is 18.2 Å². The van der Waals surface area contributed by atoms with E-state index in [0.717, 1.165) is 0 Å². The van der Waals surface area contributed by atoms with E-state index in [-0.39, 0.29) is 17.1 Å². The number of halogens is 3. The number of fused-ring (bicyclic) bond motifs is 1. The van der Waals surface area contributed by atoms with Gasteiger partial charge in [-0.1, -0.05) is 30.3 Å². The first-order chi connectivity index (χ1) is 12.9. The number of aliphatic imine (C=N–C) groups is 1. The maximum atomic E-state index is 14.3. The number of amidine groups is 1. The molecule has 1 saturated carbocycles. The maximum absolute atomic E-state index is 14.3. The maximum Gasteiger partial charge on any atom is 0.293 e. The van der Waals surface area contributed by atoms with Crippen LogP contribution in [0.3, 0.4) is 0 Å². The zero-order valence-electron chi connectivity index (χ0n) is 14.5. The van der Waals surface area contributed by atoms with Crippen LogP contribution in [0.15, 0.2) is 53.5 Å². The molecule has 0 saturated heterocycles. The number of nitrogens with zero attached hydrogens (tertiary/aromatic N) is 1. The monoisotopic (exact) mass is 374 g/mol. The minimum Gasteiger partial charge on any atom is -0.461 e. The molecule has 1 aliphatic carbocycles. The van der Waals surface area contributed by atoms with E-state index in [1.807, 2.05) is 0 Å². The quantitative estimate of drug-likeness (QED) is 0.889. The summed E-state index contributed by atoms with van der Waals surface area (Å²) in [6.45, 7) is 1.46. The molecule has 1 aliphatic heterocycles. The highest BCUT2D eigenvalue weighted by atomic mass is 19.3. The molecular formula is C20H17F3N2O2. The van der Waals surface area contributed by atoms with Crippen molar-refractivity contribution in [3.63, 3.8) is 0 Å². The van der Waals surface area contributed by atoms with Gasteiger partial charge in [-0.15, -0.1) is 0 Å². The lowest BCUT2D eigenvalue weighted by Crippen LogP contribution is -2.46. The molecule has 140 valence electrons. The highest BCUT2D eigenvalue weighted by Crippen LogP contribution is 2.56. The number of carbonyl (C=O) groups excluding carboxylic acids is 1. The van der Waals surface area contributed by atoms with E-state index < -0.39 is 35.7 Å². The molecule has 0 radical (unpaired) electrons. The Kier molecular flexibility index (Phi) is 4.17. The van der Waals surface area contributed by atoms with E-state index in [1.54, 1.807) is 30.3 Å². The normalized spacial score (nSPS) is 26.0. The van der Waals surface area contributed by atoms with E-state index in [2.05, 4.69) is 10.3 Å². The van der Waals surface area contributed by atoms with E-state index in [1.165, 1.54) is 25.1 Å². The minimum absolute atomic E-state index is 0.125. The molecule has 7 heteroatoms. The number of alkyl halides is 2. The summed E-state index contributed by atoms with van der Waals surface area (Å²) < 4.78 is 48.2. The highest BCUT2D eigenvalue weighted by Gasteiger charge is 2.64. The third-order valence-electron chi connectivity index (χ3n) is 5.14. The van der Waals surface area contributed by atoms with Crippen molar-refractivity contribution in [1.82, 2.24) is 5.32 Å². The van der Waals surface area contributed by atoms with Crippen molar-refractivity contribution in [2.24, 2.45) is 10.9 Å². The van der Waals surface area contributed by atoms with Crippen LogP contribution >= 0.6 is 0 Å². The summed E-state index contributed by atoms with van der Waals surface area (Å²) >= 11 is 0. The van der Waals surface area contributed by atoms with E-state index in [9.17, 15) is 18.0 Å². The van der Waals surface area contributed by atoms with Gasteiger partial charge in [-0.2, -0.15) is 0 Å². The third-order valence-corrected chi connectivity index (χ3v) is 5.14. The van der Waals surface area contributed by atoms with Gasteiger partial charge in [0.1, 0.15) is 11.9 Å². The molecule has 3 atom stereocenters. The average molecular weight is 374 g/mol. The predicted molar refractivity (Wildman–Crippen MR) is 93.1 cm³/mol. The number of amides is 1. The van der Waals surface area contributed by atoms with Crippen LogP contribution < -0.4 is 5.32 Å². The van der Waals surface area contributed by atoms with Gasteiger partial charge in [0.25, 0.3) is 18.4 Å². The van der Waals surface area contributed by atoms with Crippen molar-refractivity contribution in [3.05, 3.63) is 71.0 Å². The lowest BCUT2D eigenvalue weighted by molar-refractivity contribution is 0.0180. The van der Waals surface area contributed by atoms with Gasteiger partial charge in [0.05, 0.1) is 0 Å². The van der Waals surface area contributed by atoms with E-state index in [4.69, 9.17) is 4.74 Å². The van der Waals surface area contributed by atoms with Crippen LogP contribution in [0.5, 0.6) is 0 Å². The SMILES string of the molecule is Cc1c(F)cccc1C1(C(F)F)N=C(NC(=O)c2ccccc2)OC2CC21. The lowest BCUT2D eigenvalue weighted by atomic mass is 9.82. The molecule has 1 N–H and O–H groups in total. The van der Waals surface area contributed by atoms with Gasteiger partial charge in [0.2, 0.25) is 0 Å². The first kappa shape index (κ1) is 17.6. The molecule has 4 nitrogen and oxygen atoms in total. The summed E-state index contributed by atoms with van der Waals surface area (Å²) in [7, 11) is 0. The Morgan fingerprint density at radius 2 is 1.96 bits per heavy atom. The second-order valence-electron chi connectivity index (χ2n) is 6.77. The number of hydrogen-bond donors (Lipinski definition) is 1. The fraction of sp³-hybridized carbons (Fsp3) is 0.300. The highest BCUT2D eigenvalue weighted by molar-refractivity contribution is 6.04. The third kappa shape index (κ3) is 2.87. The van der Waals surface area contributed by atoms with Crippen molar-refractivity contribution in [3.8, 4) is 0 Å². The molecule has 0 bridgehead atoms. The first-order valence-electron chi connectivity index (χ1n) is 8.60. The molecule has 0 aromatic heterocycles. The van der Waals surface area contributed by atoms with Crippen LogP contribution in [0.1, 0.15) is 27.9 Å². The number of ether oxygens (including phenoxy) is 1.